The molecule has 0 radical (unpaired) electrons. The van der Waals surface area contributed by atoms with Crippen molar-refractivity contribution in [1.29, 1.82) is 0 Å². The highest BCUT2D eigenvalue weighted by molar-refractivity contribution is 6.35. The van der Waals surface area contributed by atoms with E-state index >= 15 is 0 Å². The molecule has 1 fully saturated rings. The van der Waals surface area contributed by atoms with E-state index in [1.165, 1.54) is 12.8 Å². The molecule has 0 amide bonds. The van der Waals surface area contributed by atoms with Gasteiger partial charge < -0.3 is 5.11 Å². The molecule has 88 valence electrons. The van der Waals surface area contributed by atoms with Crippen molar-refractivity contribution in [2.75, 3.05) is 6.61 Å². The second-order valence-electron chi connectivity index (χ2n) is 4.78. The van der Waals surface area contributed by atoms with Crippen LogP contribution in [0.4, 0.5) is 0 Å². The molecule has 16 heavy (non-hydrogen) atoms. The number of aliphatic hydroxyl groups excluding tert-OH is 1. The highest BCUT2D eigenvalue weighted by atomic mass is 35.5. The van der Waals surface area contributed by atoms with Crippen LogP contribution in [0.1, 0.15) is 31.2 Å². The van der Waals surface area contributed by atoms with Crippen LogP contribution in [0.3, 0.4) is 0 Å². The van der Waals surface area contributed by atoms with E-state index in [1.807, 2.05) is 12.1 Å². The first kappa shape index (κ1) is 12.2. The van der Waals surface area contributed by atoms with Crippen LogP contribution in [-0.2, 0) is 6.42 Å². The van der Waals surface area contributed by atoms with E-state index in [1.54, 1.807) is 6.07 Å². The van der Waals surface area contributed by atoms with Gasteiger partial charge in [-0.25, -0.2) is 0 Å². The van der Waals surface area contributed by atoms with Gasteiger partial charge >= 0.3 is 0 Å². The molecule has 1 aliphatic carbocycles. The van der Waals surface area contributed by atoms with Gasteiger partial charge in [0.05, 0.1) is 0 Å². The fourth-order valence-corrected chi connectivity index (χ4v) is 3.06. The van der Waals surface area contributed by atoms with Gasteiger partial charge in [0.15, 0.2) is 0 Å². The second kappa shape index (κ2) is 4.95. The summed E-state index contributed by atoms with van der Waals surface area (Å²) in [7, 11) is 0. The van der Waals surface area contributed by atoms with Crippen molar-refractivity contribution in [2.45, 2.75) is 32.1 Å². The van der Waals surface area contributed by atoms with Crippen LogP contribution in [-0.4, -0.2) is 11.7 Å². The summed E-state index contributed by atoms with van der Waals surface area (Å²) in [4.78, 5) is 0. The number of benzene rings is 1. The maximum absolute atomic E-state index is 9.55. The van der Waals surface area contributed by atoms with Crippen molar-refractivity contribution in [3.8, 4) is 0 Å². The van der Waals surface area contributed by atoms with Crippen LogP contribution < -0.4 is 0 Å². The highest BCUT2D eigenvalue weighted by Crippen LogP contribution is 2.41. The number of hydrogen-bond acceptors (Lipinski definition) is 1. The zero-order chi connectivity index (χ0) is 11.6. The van der Waals surface area contributed by atoms with Gasteiger partial charge in [-0.1, -0.05) is 42.1 Å². The maximum atomic E-state index is 9.55. The summed E-state index contributed by atoms with van der Waals surface area (Å²) >= 11 is 12.0. The summed E-state index contributed by atoms with van der Waals surface area (Å²) in [6, 6.07) is 5.61. The molecule has 1 aromatic rings. The molecular weight excluding hydrogens is 243 g/mol. The Balaban J connectivity index is 2.19. The van der Waals surface area contributed by atoms with Gasteiger partial charge in [-0.2, -0.15) is 0 Å². The van der Waals surface area contributed by atoms with Crippen LogP contribution in [0.25, 0.3) is 0 Å². The van der Waals surface area contributed by atoms with E-state index in [9.17, 15) is 5.11 Å². The van der Waals surface area contributed by atoms with Gasteiger partial charge in [0, 0.05) is 16.7 Å². The van der Waals surface area contributed by atoms with E-state index in [4.69, 9.17) is 23.2 Å². The van der Waals surface area contributed by atoms with E-state index < -0.39 is 0 Å². The lowest BCUT2D eigenvalue weighted by molar-refractivity contribution is 0.130. The zero-order valence-corrected chi connectivity index (χ0v) is 10.7. The standard InChI is InChI=1S/C13H16Cl2O/c14-11-4-3-10(12(15)7-11)8-13(9-16)5-1-2-6-13/h3-4,7,16H,1-2,5-6,8-9H2. The molecule has 1 nitrogen and oxygen atoms in total. The Morgan fingerprint density at radius 2 is 1.88 bits per heavy atom. The third kappa shape index (κ3) is 2.53. The van der Waals surface area contributed by atoms with Crippen LogP contribution in [0.5, 0.6) is 0 Å². The average Bonchev–Trinajstić information content (AvgIpc) is 2.72. The number of aliphatic hydroxyl groups is 1. The Morgan fingerprint density at radius 1 is 1.19 bits per heavy atom. The Bertz CT molecular complexity index is 370. The average molecular weight is 259 g/mol. The minimum atomic E-state index is 0.0530. The normalized spacial score (nSPS) is 18.9. The molecule has 0 spiro atoms. The first-order valence-electron chi connectivity index (χ1n) is 5.70. The fraction of sp³-hybridized carbons (Fsp3) is 0.538. The molecule has 0 heterocycles. The fourth-order valence-electron chi connectivity index (χ4n) is 2.58. The first-order chi connectivity index (χ1) is 7.65. The Hall–Kier alpha value is -0.240. The van der Waals surface area contributed by atoms with Gasteiger partial charge in [0.25, 0.3) is 0 Å². The smallest absolute Gasteiger partial charge is 0.0490 e. The maximum Gasteiger partial charge on any atom is 0.0490 e. The van der Waals surface area contributed by atoms with Crippen molar-refractivity contribution >= 4 is 23.2 Å². The van der Waals surface area contributed by atoms with Crippen molar-refractivity contribution in [3.63, 3.8) is 0 Å². The minimum absolute atomic E-state index is 0.0530. The largest absolute Gasteiger partial charge is 0.396 e. The molecule has 3 heteroatoms. The van der Waals surface area contributed by atoms with Crippen LogP contribution in [0, 0.1) is 5.41 Å². The number of hydrogen-bond donors (Lipinski definition) is 1. The Morgan fingerprint density at radius 3 is 2.44 bits per heavy atom. The molecule has 2 rings (SSSR count). The molecule has 0 atom stereocenters. The SMILES string of the molecule is OCC1(Cc2ccc(Cl)cc2Cl)CCCC1. The summed E-state index contributed by atoms with van der Waals surface area (Å²) in [6.07, 6.45) is 5.49. The van der Waals surface area contributed by atoms with Crippen molar-refractivity contribution in [2.24, 2.45) is 5.41 Å². The van der Waals surface area contributed by atoms with Crippen molar-refractivity contribution in [3.05, 3.63) is 33.8 Å². The number of halogens is 2. The van der Waals surface area contributed by atoms with E-state index in [-0.39, 0.29) is 12.0 Å². The summed E-state index contributed by atoms with van der Waals surface area (Å²) in [5.41, 5.74) is 1.15. The summed E-state index contributed by atoms with van der Waals surface area (Å²) in [5, 5.41) is 10.9. The van der Waals surface area contributed by atoms with Crippen LogP contribution in [0.2, 0.25) is 10.0 Å². The molecule has 0 bridgehead atoms. The summed E-state index contributed by atoms with van der Waals surface area (Å²) < 4.78 is 0. The van der Waals surface area contributed by atoms with Gasteiger partial charge in [-0.15, -0.1) is 0 Å². The van der Waals surface area contributed by atoms with Crippen molar-refractivity contribution < 1.29 is 5.11 Å². The molecular formula is C13H16Cl2O. The third-order valence-corrected chi connectivity index (χ3v) is 4.17. The monoisotopic (exact) mass is 258 g/mol. The number of rotatable bonds is 3. The van der Waals surface area contributed by atoms with Gasteiger partial charge in [0.2, 0.25) is 0 Å². The zero-order valence-electron chi connectivity index (χ0n) is 9.18. The van der Waals surface area contributed by atoms with Gasteiger partial charge in [-0.3, -0.25) is 0 Å². The Labute approximate surface area is 106 Å². The summed E-state index contributed by atoms with van der Waals surface area (Å²) in [5.74, 6) is 0. The van der Waals surface area contributed by atoms with E-state index in [2.05, 4.69) is 0 Å². The second-order valence-corrected chi connectivity index (χ2v) is 5.62. The lowest BCUT2D eigenvalue weighted by Gasteiger charge is -2.26. The van der Waals surface area contributed by atoms with E-state index in [0.717, 1.165) is 24.8 Å². The highest BCUT2D eigenvalue weighted by Gasteiger charge is 2.33. The summed E-state index contributed by atoms with van der Waals surface area (Å²) in [6.45, 7) is 0.256. The molecule has 1 N–H and O–H groups in total. The van der Waals surface area contributed by atoms with Crippen molar-refractivity contribution in [1.82, 2.24) is 0 Å². The van der Waals surface area contributed by atoms with Crippen LogP contribution in [0.15, 0.2) is 18.2 Å². The quantitative estimate of drug-likeness (QED) is 0.866. The molecule has 0 saturated heterocycles. The lowest BCUT2D eigenvalue weighted by Crippen LogP contribution is -2.24. The topological polar surface area (TPSA) is 20.2 Å². The molecule has 0 unspecified atom stereocenters. The van der Waals surface area contributed by atoms with Gasteiger partial charge in [-0.05, 0) is 42.4 Å². The first-order valence-corrected chi connectivity index (χ1v) is 6.46. The predicted octanol–water partition coefficient (Wildman–Crippen LogP) is 4.09. The van der Waals surface area contributed by atoms with Gasteiger partial charge in [0.1, 0.15) is 0 Å². The molecule has 1 saturated carbocycles. The Kier molecular flexibility index (Phi) is 3.78. The van der Waals surface area contributed by atoms with Crippen LogP contribution >= 0.6 is 23.2 Å². The lowest BCUT2D eigenvalue weighted by atomic mass is 9.81. The predicted molar refractivity (Wildman–Crippen MR) is 68.2 cm³/mol. The molecule has 0 aliphatic heterocycles. The minimum Gasteiger partial charge on any atom is -0.396 e. The van der Waals surface area contributed by atoms with E-state index in [0.29, 0.717) is 10.0 Å². The third-order valence-electron chi connectivity index (χ3n) is 3.58. The molecule has 0 aromatic heterocycles. The molecule has 1 aromatic carbocycles. The molecule has 1 aliphatic rings.